The number of likely N-dealkylation sites (tertiary alicyclic amines) is 1. The second kappa shape index (κ2) is 5.49. The molecule has 5 nitrogen and oxygen atoms in total. The fourth-order valence-electron chi connectivity index (χ4n) is 2.09. The minimum absolute atomic E-state index is 0.0159. The van der Waals surface area contributed by atoms with Gasteiger partial charge in [0.25, 0.3) is 0 Å². The Morgan fingerprint density at radius 2 is 2.18 bits per heavy atom. The highest BCUT2D eigenvalue weighted by Crippen LogP contribution is 2.23. The summed E-state index contributed by atoms with van der Waals surface area (Å²) in [6.45, 7) is 5.00. The molecule has 1 aliphatic heterocycles. The molecular formula is C12H22N2O3. The van der Waals surface area contributed by atoms with Gasteiger partial charge in [-0.3, -0.25) is 9.59 Å². The Kier molecular flexibility index (Phi) is 4.51. The maximum Gasteiger partial charge on any atom is 0.303 e. The molecule has 1 aliphatic rings. The Labute approximate surface area is 102 Å². The third-order valence-corrected chi connectivity index (χ3v) is 3.56. The number of rotatable bonds is 5. The molecule has 0 aliphatic carbocycles. The van der Waals surface area contributed by atoms with Gasteiger partial charge in [0.2, 0.25) is 5.91 Å². The van der Waals surface area contributed by atoms with Gasteiger partial charge in [-0.25, -0.2) is 0 Å². The summed E-state index contributed by atoms with van der Waals surface area (Å²) in [6.07, 6.45) is 2.33. The summed E-state index contributed by atoms with van der Waals surface area (Å²) in [6, 6.07) is 0. The lowest BCUT2D eigenvalue weighted by atomic mass is 9.98. The van der Waals surface area contributed by atoms with Crippen molar-refractivity contribution in [1.82, 2.24) is 4.90 Å². The molecule has 0 radical (unpaired) electrons. The van der Waals surface area contributed by atoms with Crippen LogP contribution in [0.1, 0.15) is 39.5 Å². The first kappa shape index (κ1) is 14.0. The van der Waals surface area contributed by atoms with Crippen molar-refractivity contribution < 1.29 is 14.7 Å². The quantitative estimate of drug-likeness (QED) is 0.748. The summed E-state index contributed by atoms with van der Waals surface area (Å²) in [5.74, 6) is -0.479. The number of hydrogen-bond acceptors (Lipinski definition) is 3. The fraction of sp³-hybridized carbons (Fsp3) is 0.833. The zero-order chi connectivity index (χ0) is 13.1. The highest BCUT2D eigenvalue weighted by atomic mass is 16.4. The van der Waals surface area contributed by atoms with Gasteiger partial charge in [0.05, 0.1) is 5.54 Å². The lowest BCUT2D eigenvalue weighted by Gasteiger charge is -2.28. The molecule has 1 fully saturated rings. The van der Waals surface area contributed by atoms with E-state index in [4.69, 9.17) is 10.8 Å². The minimum Gasteiger partial charge on any atom is -0.481 e. The Balaban J connectivity index is 2.45. The number of amides is 1. The molecule has 1 saturated heterocycles. The molecule has 0 aromatic carbocycles. The van der Waals surface area contributed by atoms with Gasteiger partial charge in [-0.05, 0) is 32.1 Å². The van der Waals surface area contributed by atoms with Crippen molar-refractivity contribution in [1.29, 1.82) is 0 Å². The van der Waals surface area contributed by atoms with E-state index in [9.17, 15) is 9.59 Å². The largest absolute Gasteiger partial charge is 0.481 e. The molecule has 1 rings (SSSR count). The van der Waals surface area contributed by atoms with Crippen LogP contribution in [0.4, 0.5) is 0 Å². The molecule has 98 valence electrons. The lowest BCUT2D eigenvalue weighted by molar-refractivity contribution is -0.137. The topological polar surface area (TPSA) is 83.6 Å². The van der Waals surface area contributed by atoms with Gasteiger partial charge in [0.1, 0.15) is 0 Å². The SMILES string of the molecule is CCC(C)(N)C(=O)N1CCC(CCC(=O)O)C1. The highest BCUT2D eigenvalue weighted by Gasteiger charge is 2.35. The second-order valence-electron chi connectivity index (χ2n) is 5.11. The maximum atomic E-state index is 12.1. The average molecular weight is 242 g/mol. The van der Waals surface area contributed by atoms with E-state index >= 15 is 0 Å². The van der Waals surface area contributed by atoms with E-state index in [1.54, 1.807) is 11.8 Å². The molecular weight excluding hydrogens is 220 g/mol. The van der Waals surface area contributed by atoms with Gasteiger partial charge in [0, 0.05) is 19.5 Å². The third kappa shape index (κ3) is 3.70. The van der Waals surface area contributed by atoms with Crippen LogP contribution in [-0.4, -0.2) is 40.5 Å². The predicted octanol–water partition coefficient (Wildman–Crippen LogP) is 0.827. The molecule has 1 heterocycles. The van der Waals surface area contributed by atoms with Crippen molar-refractivity contribution in [2.24, 2.45) is 11.7 Å². The van der Waals surface area contributed by atoms with Crippen molar-refractivity contribution >= 4 is 11.9 Å². The van der Waals surface area contributed by atoms with Gasteiger partial charge in [-0.1, -0.05) is 6.92 Å². The van der Waals surface area contributed by atoms with Crippen molar-refractivity contribution in [3.63, 3.8) is 0 Å². The summed E-state index contributed by atoms with van der Waals surface area (Å²) in [5, 5.41) is 8.62. The average Bonchev–Trinajstić information content (AvgIpc) is 2.73. The van der Waals surface area contributed by atoms with Gasteiger partial charge >= 0.3 is 5.97 Å². The van der Waals surface area contributed by atoms with Crippen LogP contribution in [0, 0.1) is 5.92 Å². The highest BCUT2D eigenvalue weighted by molar-refractivity contribution is 5.85. The van der Waals surface area contributed by atoms with E-state index in [0.29, 0.717) is 31.8 Å². The number of carboxylic acid groups (broad SMARTS) is 1. The number of carboxylic acids is 1. The standard InChI is InChI=1S/C12H22N2O3/c1-3-12(2,13)11(17)14-7-6-9(8-14)4-5-10(15)16/h9H,3-8,13H2,1-2H3,(H,15,16). The first-order valence-electron chi connectivity index (χ1n) is 6.17. The molecule has 0 bridgehead atoms. The predicted molar refractivity (Wildman–Crippen MR) is 64.4 cm³/mol. The van der Waals surface area contributed by atoms with Gasteiger partial charge in [-0.15, -0.1) is 0 Å². The van der Waals surface area contributed by atoms with Gasteiger partial charge in [0.15, 0.2) is 0 Å². The van der Waals surface area contributed by atoms with Crippen molar-refractivity contribution in [2.75, 3.05) is 13.1 Å². The molecule has 1 amide bonds. The van der Waals surface area contributed by atoms with Crippen LogP contribution in [0.3, 0.4) is 0 Å². The van der Waals surface area contributed by atoms with Crippen LogP contribution in [0.5, 0.6) is 0 Å². The summed E-state index contributed by atoms with van der Waals surface area (Å²) >= 11 is 0. The zero-order valence-electron chi connectivity index (χ0n) is 10.6. The number of nitrogens with two attached hydrogens (primary N) is 1. The Bertz CT molecular complexity index is 302. The summed E-state index contributed by atoms with van der Waals surface area (Å²) in [5.41, 5.74) is 5.13. The van der Waals surface area contributed by atoms with Crippen LogP contribution in [0.2, 0.25) is 0 Å². The van der Waals surface area contributed by atoms with Crippen molar-refractivity contribution in [3.05, 3.63) is 0 Å². The van der Waals surface area contributed by atoms with Gasteiger partial charge < -0.3 is 15.7 Å². The smallest absolute Gasteiger partial charge is 0.303 e. The van der Waals surface area contributed by atoms with E-state index in [-0.39, 0.29) is 12.3 Å². The van der Waals surface area contributed by atoms with Crippen molar-refractivity contribution in [3.8, 4) is 0 Å². The summed E-state index contributed by atoms with van der Waals surface area (Å²) in [4.78, 5) is 24.3. The third-order valence-electron chi connectivity index (χ3n) is 3.56. The maximum absolute atomic E-state index is 12.1. The van der Waals surface area contributed by atoms with E-state index in [0.717, 1.165) is 6.42 Å². The molecule has 3 N–H and O–H groups in total. The van der Waals surface area contributed by atoms with Crippen molar-refractivity contribution in [2.45, 2.75) is 45.1 Å². The molecule has 0 spiro atoms. The van der Waals surface area contributed by atoms with E-state index in [1.807, 2.05) is 6.92 Å². The lowest BCUT2D eigenvalue weighted by Crippen LogP contribution is -2.52. The second-order valence-corrected chi connectivity index (χ2v) is 5.11. The van der Waals surface area contributed by atoms with Crippen LogP contribution >= 0.6 is 0 Å². The zero-order valence-corrected chi connectivity index (χ0v) is 10.6. The van der Waals surface area contributed by atoms with Gasteiger partial charge in [-0.2, -0.15) is 0 Å². The number of carbonyl (C=O) groups is 2. The number of aliphatic carboxylic acids is 1. The fourth-order valence-corrected chi connectivity index (χ4v) is 2.09. The summed E-state index contributed by atoms with van der Waals surface area (Å²) < 4.78 is 0. The van der Waals surface area contributed by atoms with Crippen LogP contribution in [0.15, 0.2) is 0 Å². The van der Waals surface area contributed by atoms with E-state index in [1.165, 1.54) is 0 Å². The van der Waals surface area contributed by atoms with Crippen LogP contribution < -0.4 is 5.73 Å². The number of nitrogens with zero attached hydrogens (tertiary/aromatic N) is 1. The molecule has 2 atom stereocenters. The minimum atomic E-state index is -0.790. The van der Waals surface area contributed by atoms with E-state index in [2.05, 4.69) is 0 Å². The summed E-state index contributed by atoms with van der Waals surface area (Å²) in [7, 11) is 0. The molecule has 0 aromatic rings. The molecule has 0 saturated carbocycles. The monoisotopic (exact) mass is 242 g/mol. The van der Waals surface area contributed by atoms with Crippen LogP contribution in [-0.2, 0) is 9.59 Å². The Morgan fingerprint density at radius 1 is 1.53 bits per heavy atom. The van der Waals surface area contributed by atoms with E-state index < -0.39 is 11.5 Å². The number of hydrogen-bond donors (Lipinski definition) is 2. The number of carbonyl (C=O) groups excluding carboxylic acids is 1. The molecule has 17 heavy (non-hydrogen) atoms. The normalized spacial score (nSPS) is 23.5. The molecule has 0 aromatic heterocycles. The molecule has 5 heteroatoms. The molecule has 2 unspecified atom stereocenters. The Hall–Kier alpha value is -1.10. The first-order valence-corrected chi connectivity index (χ1v) is 6.17. The van der Waals surface area contributed by atoms with Crippen LogP contribution in [0.25, 0.3) is 0 Å². The Morgan fingerprint density at radius 3 is 2.71 bits per heavy atom. The first-order chi connectivity index (χ1) is 7.86.